The molecule has 1 aliphatic heterocycles. The fourth-order valence-electron chi connectivity index (χ4n) is 2.11. The summed E-state index contributed by atoms with van der Waals surface area (Å²) in [5.41, 5.74) is 0.371. The van der Waals surface area contributed by atoms with Gasteiger partial charge in [-0.05, 0) is 13.0 Å². The maximum Gasteiger partial charge on any atom is 0.347 e. The van der Waals surface area contributed by atoms with Crippen molar-refractivity contribution < 1.29 is 0 Å². The molecule has 0 amide bonds. The lowest BCUT2D eigenvalue weighted by molar-refractivity contribution is 0.724. The van der Waals surface area contributed by atoms with Gasteiger partial charge in [0.25, 0.3) is 0 Å². The van der Waals surface area contributed by atoms with Crippen LogP contribution in [0.2, 0.25) is 0 Å². The molecule has 0 aromatic carbocycles. The van der Waals surface area contributed by atoms with Crippen LogP contribution in [0.5, 0.6) is 0 Å². The molecule has 2 N–H and O–H groups in total. The normalized spacial score (nSPS) is 17.3. The van der Waals surface area contributed by atoms with Crippen molar-refractivity contribution >= 4 is 11.5 Å². The molecule has 1 aliphatic rings. The Kier molecular flexibility index (Phi) is 2.52. The van der Waals surface area contributed by atoms with E-state index in [2.05, 4.69) is 25.4 Å². The molecule has 0 aliphatic carbocycles. The van der Waals surface area contributed by atoms with Crippen molar-refractivity contribution in [3.8, 4) is 0 Å². The van der Waals surface area contributed by atoms with Crippen LogP contribution in [0.3, 0.4) is 0 Å². The second kappa shape index (κ2) is 4.17. The van der Waals surface area contributed by atoms with Gasteiger partial charge in [0.15, 0.2) is 5.82 Å². The number of fused-ring (bicyclic) bond motifs is 1. The molecule has 0 radical (unpaired) electrons. The third kappa shape index (κ3) is 1.78. The van der Waals surface area contributed by atoms with Crippen molar-refractivity contribution in [2.45, 2.75) is 6.42 Å². The van der Waals surface area contributed by atoms with E-state index in [1.54, 1.807) is 12.4 Å². The van der Waals surface area contributed by atoms with Crippen molar-refractivity contribution in [3.05, 3.63) is 22.9 Å². The molecule has 0 bridgehead atoms. The van der Waals surface area contributed by atoms with Crippen LogP contribution >= 0.6 is 0 Å². The zero-order chi connectivity index (χ0) is 11.7. The van der Waals surface area contributed by atoms with E-state index in [1.807, 2.05) is 0 Å². The predicted octanol–water partition coefficient (Wildman–Crippen LogP) is -0.783. The first-order chi connectivity index (χ1) is 8.36. The van der Waals surface area contributed by atoms with Crippen molar-refractivity contribution in [2.75, 3.05) is 31.1 Å². The Labute approximate surface area is 97.5 Å². The van der Waals surface area contributed by atoms with Gasteiger partial charge in [0.2, 0.25) is 5.65 Å². The predicted molar refractivity (Wildman–Crippen MR) is 63.3 cm³/mol. The average molecular weight is 234 g/mol. The zero-order valence-corrected chi connectivity index (χ0v) is 9.39. The SMILES string of the molecule is O=c1[nH]nc2c(N3CCCNCC3)nccn12. The van der Waals surface area contributed by atoms with Crippen molar-refractivity contribution in [1.29, 1.82) is 0 Å². The quantitative estimate of drug-likeness (QED) is 0.676. The highest BCUT2D eigenvalue weighted by atomic mass is 16.1. The number of nitrogens with one attached hydrogen (secondary N) is 2. The van der Waals surface area contributed by atoms with Gasteiger partial charge in [0, 0.05) is 32.0 Å². The minimum atomic E-state index is -0.225. The first-order valence-electron chi connectivity index (χ1n) is 5.74. The van der Waals surface area contributed by atoms with E-state index in [9.17, 15) is 4.79 Å². The van der Waals surface area contributed by atoms with Crippen molar-refractivity contribution in [1.82, 2.24) is 24.9 Å². The maximum absolute atomic E-state index is 11.5. The summed E-state index contributed by atoms with van der Waals surface area (Å²) in [6.07, 6.45) is 4.33. The van der Waals surface area contributed by atoms with Gasteiger partial charge in [-0.3, -0.25) is 0 Å². The lowest BCUT2D eigenvalue weighted by Crippen LogP contribution is -2.29. The van der Waals surface area contributed by atoms with Crippen LogP contribution in [-0.4, -0.2) is 45.8 Å². The van der Waals surface area contributed by atoms with E-state index in [-0.39, 0.29) is 5.69 Å². The number of aromatic nitrogens is 4. The van der Waals surface area contributed by atoms with Crippen LogP contribution in [0.15, 0.2) is 17.2 Å². The lowest BCUT2D eigenvalue weighted by Gasteiger charge is -2.20. The van der Waals surface area contributed by atoms with E-state index in [0.29, 0.717) is 5.65 Å². The molecule has 0 atom stereocenters. The molecule has 17 heavy (non-hydrogen) atoms. The van der Waals surface area contributed by atoms with E-state index in [1.165, 1.54) is 4.40 Å². The summed E-state index contributed by atoms with van der Waals surface area (Å²) in [4.78, 5) is 18.0. The summed E-state index contributed by atoms with van der Waals surface area (Å²) in [5, 5.41) is 9.81. The summed E-state index contributed by atoms with van der Waals surface area (Å²) in [7, 11) is 0. The minimum absolute atomic E-state index is 0.225. The molecule has 7 heteroatoms. The molecule has 90 valence electrons. The Bertz CT molecular complexity index is 565. The van der Waals surface area contributed by atoms with E-state index < -0.39 is 0 Å². The van der Waals surface area contributed by atoms with E-state index in [0.717, 1.165) is 38.4 Å². The van der Waals surface area contributed by atoms with Crippen LogP contribution in [0.1, 0.15) is 6.42 Å². The van der Waals surface area contributed by atoms with Gasteiger partial charge in [-0.25, -0.2) is 19.3 Å². The van der Waals surface area contributed by atoms with Gasteiger partial charge in [-0.1, -0.05) is 0 Å². The third-order valence-corrected chi connectivity index (χ3v) is 2.96. The molecule has 1 saturated heterocycles. The highest BCUT2D eigenvalue weighted by Crippen LogP contribution is 2.15. The van der Waals surface area contributed by atoms with E-state index in [4.69, 9.17) is 0 Å². The second-order valence-electron chi connectivity index (χ2n) is 4.06. The third-order valence-electron chi connectivity index (χ3n) is 2.96. The largest absolute Gasteiger partial charge is 0.352 e. The number of hydrogen-bond acceptors (Lipinski definition) is 5. The van der Waals surface area contributed by atoms with Crippen LogP contribution in [0, 0.1) is 0 Å². The number of anilines is 1. The Morgan fingerprint density at radius 3 is 3.18 bits per heavy atom. The molecule has 3 heterocycles. The van der Waals surface area contributed by atoms with Gasteiger partial charge in [-0.15, -0.1) is 5.10 Å². The Morgan fingerprint density at radius 2 is 2.24 bits per heavy atom. The van der Waals surface area contributed by atoms with Crippen molar-refractivity contribution in [2.24, 2.45) is 0 Å². The minimum Gasteiger partial charge on any atom is -0.352 e. The van der Waals surface area contributed by atoms with Gasteiger partial charge in [0.1, 0.15) is 0 Å². The molecule has 0 saturated carbocycles. The standard InChI is InChI=1S/C10H14N6O/c17-10-14-13-9-8(12-4-7-16(9)10)15-5-1-2-11-3-6-15/h4,7,11H,1-3,5-6H2,(H,14,17). The molecule has 7 nitrogen and oxygen atoms in total. The number of aromatic amines is 1. The van der Waals surface area contributed by atoms with Crippen LogP contribution in [0.4, 0.5) is 5.82 Å². The molecule has 0 unspecified atom stereocenters. The smallest absolute Gasteiger partial charge is 0.347 e. The average Bonchev–Trinajstić information content (AvgIpc) is 2.59. The topological polar surface area (TPSA) is 78.3 Å². The number of nitrogens with zero attached hydrogens (tertiary/aromatic N) is 4. The molecule has 2 aromatic rings. The summed E-state index contributed by atoms with van der Waals surface area (Å²) < 4.78 is 1.49. The van der Waals surface area contributed by atoms with Crippen LogP contribution < -0.4 is 15.9 Å². The summed E-state index contributed by atoms with van der Waals surface area (Å²) >= 11 is 0. The molecular weight excluding hydrogens is 220 g/mol. The molecule has 1 fully saturated rings. The first-order valence-corrected chi connectivity index (χ1v) is 5.74. The molecule has 0 spiro atoms. The zero-order valence-electron chi connectivity index (χ0n) is 9.39. The van der Waals surface area contributed by atoms with Crippen LogP contribution in [0.25, 0.3) is 5.65 Å². The highest BCUT2D eigenvalue weighted by Gasteiger charge is 2.15. The Hall–Kier alpha value is -1.89. The van der Waals surface area contributed by atoms with Gasteiger partial charge in [-0.2, -0.15) is 0 Å². The summed E-state index contributed by atoms with van der Waals surface area (Å²) in [6.45, 7) is 3.76. The fourth-order valence-corrected chi connectivity index (χ4v) is 2.11. The fraction of sp³-hybridized carbons (Fsp3) is 0.500. The first kappa shape index (κ1) is 10.3. The second-order valence-corrected chi connectivity index (χ2v) is 4.06. The highest BCUT2D eigenvalue weighted by molar-refractivity contribution is 5.63. The number of H-pyrrole nitrogens is 1. The lowest BCUT2D eigenvalue weighted by atomic mass is 10.4. The van der Waals surface area contributed by atoms with Crippen LogP contribution in [-0.2, 0) is 0 Å². The maximum atomic E-state index is 11.5. The van der Waals surface area contributed by atoms with E-state index >= 15 is 0 Å². The van der Waals surface area contributed by atoms with Crippen molar-refractivity contribution in [3.63, 3.8) is 0 Å². The summed E-state index contributed by atoms with van der Waals surface area (Å²) in [5.74, 6) is 0.773. The van der Waals surface area contributed by atoms with Gasteiger partial charge < -0.3 is 10.2 Å². The van der Waals surface area contributed by atoms with Gasteiger partial charge >= 0.3 is 5.69 Å². The summed E-state index contributed by atoms with van der Waals surface area (Å²) in [6, 6.07) is 0. The number of hydrogen-bond donors (Lipinski definition) is 2. The number of rotatable bonds is 1. The Balaban J connectivity index is 2.06. The molecule has 2 aromatic heterocycles. The Morgan fingerprint density at radius 1 is 1.29 bits per heavy atom. The monoisotopic (exact) mass is 234 g/mol. The van der Waals surface area contributed by atoms with Gasteiger partial charge in [0.05, 0.1) is 0 Å². The molecular formula is C10H14N6O. The molecule has 3 rings (SSSR count).